The molecule has 23 heavy (non-hydrogen) atoms. The molecule has 0 radical (unpaired) electrons. The normalized spacial score (nSPS) is 17.1. The topological polar surface area (TPSA) is 54.5 Å². The van der Waals surface area contributed by atoms with Crippen LogP contribution >= 0.6 is 0 Å². The number of nitrogens with zero attached hydrogens (tertiary/aromatic N) is 2. The fraction of sp³-hybridized carbons (Fsp3) is 0.333. The summed E-state index contributed by atoms with van der Waals surface area (Å²) in [5.41, 5.74) is 3.22. The van der Waals surface area contributed by atoms with E-state index in [2.05, 4.69) is 17.2 Å². The minimum absolute atomic E-state index is 0.0305. The van der Waals surface area contributed by atoms with Crippen LogP contribution in [0.1, 0.15) is 17.5 Å². The Balaban J connectivity index is 1.56. The Morgan fingerprint density at radius 1 is 1.22 bits per heavy atom. The highest BCUT2D eigenvalue weighted by Gasteiger charge is 2.27. The van der Waals surface area contributed by atoms with E-state index in [-0.39, 0.29) is 12.1 Å². The molecule has 1 aliphatic heterocycles. The molecule has 1 atom stereocenters. The molecule has 3 rings (SSSR count). The predicted molar refractivity (Wildman–Crippen MR) is 89.8 cm³/mol. The second-order valence-electron chi connectivity index (χ2n) is 5.89. The minimum atomic E-state index is -0.0749. The third kappa shape index (κ3) is 3.80. The number of aromatic nitrogens is 1. The summed E-state index contributed by atoms with van der Waals surface area (Å²) in [5, 5.41) is 2.96. The molecular formula is C18H21N3O2. The molecule has 0 bridgehead atoms. The number of anilines is 1. The van der Waals surface area contributed by atoms with Crippen molar-refractivity contribution in [3.63, 3.8) is 0 Å². The number of carbonyl (C=O) groups is 1. The molecule has 1 aromatic carbocycles. The van der Waals surface area contributed by atoms with Crippen molar-refractivity contribution in [3.8, 4) is 5.75 Å². The summed E-state index contributed by atoms with van der Waals surface area (Å²) in [6.07, 6.45) is 4.27. The molecule has 1 N–H and O–H groups in total. The van der Waals surface area contributed by atoms with Crippen molar-refractivity contribution >= 4 is 11.7 Å². The number of urea groups is 1. The minimum Gasteiger partial charge on any atom is -0.488 e. The highest BCUT2D eigenvalue weighted by atomic mass is 16.5. The Morgan fingerprint density at radius 3 is 2.74 bits per heavy atom. The zero-order valence-corrected chi connectivity index (χ0v) is 13.5. The van der Waals surface area contributed by atoms with Crippen LogP contribution in [-0.2, 0) is 0 Å². The van der Waals surface area contributed by atoms with E-state index in [4.69, 9.17) is 4.74 Å². The monoisotopic (exact) mass is 311 g/mol. The maximum Gasteiger partial charge on any atom is 0.321 e. The van der Waals surface area contributed by atoms with Gasteiger partial charge in [0.2, 0.25) is 0 Å². The van der Waals surface area contributed by atoms with Crippen LogP contribution in [0.5, 0.6) is 5.75 Å². The second kappa shape index (κ2) is 6.69. The summed E-state index contributed by atoms with van der Waals surface area (Å²) in [4.78, 5) is 18.1. The molecule has 0 aliphatic carbocycles. The highest BCUT2D eigenvalue weighted by molar-refractivity contribution is 5.89. The van der Waals surface area contributed by atoms with E-state index in [1.54, 1.807) is 17.3 Å². The number of carbonyl (C=O) groups excluding carboxylic acids is 1. The van der Waals surface area contributed by atoms with Gasteiger partial charge in [0.25, 0.3) is 0 Å². The number of benzene rings is 1. The van der Waals surface area contributed by atoms with E-state index in [9.17, 15) is 4.79 Å². The lowest BCUT2D eigenvalue weighted by Crippen LogP contribution is -2.34. The summed E-state index contributed by atoms with van der Waals surface area (Å²) < 4.78 is 5.88. The number of hydrogen-bond donors (Lipinski definition) is 1. The summed E-state index contributed by atoms with van der Waals surface area (Å²) in [6, 6.07) is 9.53. The first-order chi connectivity index (χ1) is 11.1. The van der Waals surface area contributed by atoms with E-state index in [0.717, 1.165) is 17.9 Å². The van der Waals surface area contributed by atoms with Crippen molar-refractivity contribution in [2.75, 3.05) is 18.4 Å². The number of rotatable bonds is 3. The van der Waals surface area contributed by atoms with Gasteiger partial charge in [0.15, 0.2) is 0 Å². The molecule has 120 valence electrons. The lowest BCUT2D eigenvalue weighted by atomic mass is 10.1. The Morgan fingerprint density at radius 2 is 2.00 bits per heavy atom. The van der Waals surface area contributed by atoms with Gasteiger partial charge < -0.3 is 15.0 Å². The number of pyridine rings is 1. The first-order valence-electron chi connectivity index (χ1n) is 7.81. The van der Waals surface area contributed by atoms with E-state index in [1.807, 2.05) is 37.3 Å². The van der Waals surface area contributed by atoms with Gasteiger partial charge in [-0.3, -0.25) is 4.98 Å². The fourth-order valence-electron chi connectivity index (χ4n) is 2.64. The van der Waals surface area contributed by atoms with Crippen molar-refractivity contribution in [3.05, 3.63) is 53.9 Å². The molecule has 1 unspecified atom stereocenters. The lowest BCUT2D eigenvalue weighted by molar-refractivity contribution is 0.194. The Labute approximate surface area is 136 Å². The van der Waals surface area contributed by atoms with Crippen LogP contribution in [0.4, 0.5) is 10.5 Å². The molecule has 2 amide bonds. The standard InChI is InChI=1S/C18H21N3O2/c1-13-3-4-15(11-14(13)2)20-18(22)21-10-7-17(12-21)23-16-5-8-19-9-6-16/h3-6,8-9,11,17H,7,10,12H2,1-2H3,(H,20,22). The first-order valence-corrected chi connectivity index (χ1v) is 7.81. The Hall–Kier alpha value is -2.56. The SMILES string of the molecule is Cc1ccc(NC(=O)N2CCC(Oc3ccncc3)C2)cc1C. The molecular weight excluding hydrogens is 290 g/mol. The van der Waals surface area contributed by atoms with Crippen molar-refractivity contribution in [2.24, 2.45) is 0 Å². The summed E-state index contributed by atoms with van der Waals surface area (Å²) in [6.45, 7) is 5.40. The van der Waals surface area contributed by atoms with Crippen LogP contribution in [0.25, 0.3) is 0 Å². The number of aryl methyl sites for hydroxylation is 2. The number of nitrogens with one attached hydrogen (secondary N) is 1. The third-order valence-electron chi connectivity index (χ3n) is 4.14. The van der Waals surface area contributed by atoms with Gasteiger partial charge in [0.1, 0.15) is 11.9 Å². The average molecular weight is 311 g/mol. The number of likely N-dealkylation sites (tertiary alicyclic amines) is 1. The zero-order valence-electron chi connectivity index (χ0n) is 13.5. The largest absolute Gasteiger partial charge is 0.488 e. The average Bonchev–Trinajstić information content (AvgIpc) is 3.00. The Bertz CT molecular complexity index is 688. The summed E-state index contributed by atoms with van der Waals surface area (Å²) in [5.74, 6) is 0.793. The summed E-state index contributed by atoms with van der Waals surface area (Å²) >= 11 is 0. The molecule has 5 nitrogen and oxygen atoms in total. The summed E-state index contributed by atoms with van der Waals surface area (Å²) in [7, 11) is 0. The van der Waals surface area contributed by atoms with Gasteiger partial charge >= 0.3 is 6.03 Å². The van der Waals surface area contributed by atoms with E-state index < -0.39 is 0 Å². The van der Waals surface area contributed by atoms with Gasteiger partial charge in [-0.25, -0.2) is 4.79 Å². The molecule has 1 saturated heterocycles. The van der Waals surface area contributed by atoms with Crippen LogP contribution < -0.4 is 10.1 Å². The van der Waals surface area contributed by atoms with Crippen LogP contribution in [0.3, 0.4) is 0 Å². The van der Waals surface area contributed by atoms with Gasteiger partial charge in [0.05, 0.1) is 6.54 Å². The molecule has 2 heterocycles. The molecule has 2 aromatic rings. The van der Waals surface area contributed by atoms with Gasteiger partial charge in [-0.15, -0.1) is 0 Å². The molecule has 0 spiro atoms. The van der Waals surface area contributed by atoms with E-state index >= 15 is 0 Å². The maximum atomic E-state index is 12.4. The number of hydrogen-bond acceptors (Lipinski definition) is 3. The van der Waals surface area contributed by atoms with Crippen molar-refractivity contribution in [1.82, 2.24) is 9.88 Å². The zero-order chi connectivity index (χ0) is 16.2. The molecule has 1 fully saturated rings. The van der Waals surface area contributed by atoms with Crippen molar-refractivity contribution < 1.29 is 9.53 Å². The molecule has 1 aromatic heterocycles. The first kappa shape index (κ1) is 15.3. The van der Waals surface area contributed by atoms with Gasteiger partial charge in [-0.1, -0.05) is 6.07 Å². The highest BCUT2D eigenvalue weighted by Crippen LogP contribution is 2.19. The van der Waals surface area contributed by atoms with Crippen molar-refractivity contribution in [2.45, 2.75) is 26.4 Å². The van der Waals surface area contributed by atoms with Gasteiger partial charge in [0, 0.05) is 31.0 Å². The third-order valence-corrected chi connectivity index (χ3v) is 4.14. The van der Waals surface area contributed by atoms with Crippen LogP contribution in [0, 0.1) is 13.8 Å². The van der Waals surface area contributed by atoms with Crippen LogP contribution in [-0.4, -0.2) is 35.1 Å². The number of ether oxygens (including phenoxy) is 1. The lowest BCUT2D eigenvalue weighted by Gasteiger charge is -2.18. The molecule has 0 saturated carbocycles. The van der Waals surface area contributed by atoms with Crippen molar-refractivity contribution in [1.29, 1.82) is 0 Å². The van der Waals surface area contributed by atoms with E-state index in [0.29, 0.717) is 13.1 Å². The van der Waals surface area contributed by atoms with Gasteiger partial charge in [-0.2, -0.15) is 0 Å². The van der Waals surface area contributed by atoms with Crippen LogP contribution in [0.15, 0.2) is 42.7 Å². The van der Waals surface area contributed by atoms with Gasteiger partial charge in [-0.05, 0) is 49.2 Å². The maximum absolute atomic E-state index is 12.4. The van der Waals surface area contributed by atoms with E-state index in [1.165, 1.54) is 11.1 Å². The molecule has 1 aliphatic rings. The quantitative estimate of drug-likeness (QED) is 0.945. The Kier molecular flexibility index (Phi) is 4.46. The second-order valence-corrected chi connectivity index (χ2v) is 5.89. The predicted octanol–water partition coefficient (Wildman–Crippen LogP) is 3.38. The van der Waals surface area contributed by atoms with Crippen LogP contribution in [0.2, 0.25) is 0 Å². The smallest absolute Gasteiger partial charge is 0.321 e. The molecule has 5 heteroatoms. The number of amides is 2. The fourth-order valence-corrected chi connectivity index (χ4v) is 2.64.